The van der Waals surface area contributed by atoms with Crippen molar-refractivity contribution in [3.05, 3.63) is 82.6 Å². The normalized spacial score (nSPS) is 10.7. The Labute approximate surface area is 177 Å². The van der Waals surface area contributed by atoms with Gasteiger partial charge in [-0.3, -0.25) is 14.9 Å². The maximum atomic E-state index is 12.6. The fourth-order valence-electron chi connectivity index (χ4n) is 3.23. The van der Waals surface area contributed by atoms with Crippen molar-refractivity contribution in [2.24, 2.45) is 5.73 Å². The van der Waals surface area contributed by atoms with Crippen LogP contribution in [0.1, 0.15) is 22.3 Å². The molecular weight excluding hydrogens is 398 g/mol. The first-order chi connectivity index (χ1) is 14.6. The highest BCUT2D eigenvalue weighted by molar-refractivity contribution is 7.08. The second-order valence-electron chi connectivity index (χ2n) is 6.69. The number of nitrogens with two attached hydrogens (primary N) is 1. The number of benzene rings is 2. The van der Waals surface area contributed by atoms with Gasteiger partial charge in [-0.05, 0) is 29.5 Å². The van der Waals surface area contributed by atoms with Crippen molar-refractivity contribution >= 4 is 29.0 Å². The Morgan fingerprint density at radius 3 is 2.53 bits per heavy atom. The second-order valence-corrected chi connectivity index (χ2v) is 7.47. The third-order valence-electron chi connectivity index (χ3n) is 4.69. The van der Waals surface area contributed by atoms with E-state index in [4.69, 9.17) is 10.3 Å². The summed E-state index contributed by atoms with van der Waals surface area (Å²) in [5, 5.41) is 10.8. The van der Waals surface area contributed by atoms with Gasteiger partial charge >= 0.3 is 0 Å². The molecule has 0 atom stereocenters. The summed E-state index contributed by atoms with van der Waals surface area (Å²) in [4.78, 5) is 24.6. The number of hydrogen-bond donors (Lipinski definition) is 2. The molecule has 0 fully saturated rings. The summed E-state index contributed by atoms with van der Waals surface area (Å²) in [6.07, 6.45) is 0.890. The van der Waals surface area contributed by atoms with Gasteiger partial charge in [0, 0.05) is 28.5 Å². The summed E-state index contributed by atoms with van der Waals surface area (Å²) in [6.45, 7) is 0. The van der Waals surface area contributed by atoms with E-state index in [2.05, 4.69) is 10.5 Å². The van der Waals surface area contributed by atoms with Crippen LogP contribution in [-0.2, 0) is 11.2 Å². The number of aryl methyl sites for hydroxylation is 1. The lowest BCUT2D eigenvalue weighted by Gasteiger charge is -2.09. The fraction of sp³-hybridized carbons (Fsp3) is 0.0870. The van der Waals surface area contributed by atoms with Crippen molar-refractivity contribution in [1.29, 1.82) is 0 Å². The number of nitrogens with one attached hydrogen (secondary N) is 1. The topological polar surface area (TPSA) is 98.2 Å². The monoisotopic (exact) mass is 417 g/mol. The smallest absolute Gasteiger partial charge is 0.249 e. The van der Waals surface area contributed by atoms with Crippen molar-refractivity contribution in [2.75, 3.05) is 5.32 Å². The zero-order valence-corrected chi connectivity index (χ0v) is 16.8. The molecular formula is C23H19N3O3S. The summed E-state index contributed by atoms with van der Waals surface area (Å²) in [5.74, 6) is -0.572. The van der Waals surface area contributed by atoms with Crippen molar-refractivity contribution < 1.29 is 14.1 Å². The van der Waals surface area contributed by atoms with Gasteiger partial charge in [0.25, 0.3) is 0 Å². The number of rotatable bonds is 7. The molecule has 0 saturated heterocycles. The van der Waals surface area contributed by atoms with Crippen LogP contribution in [-0.4, -0.2) is 17.0 Å². The predicted molar refractivity (Wildman–Crippen MR) is 117 cm³/mol. The van der Waals surface area contributed by atoms with E-state index in [1.165, 1.54) is 11.3 Å². The van der Waals surface area contributed by atoms with Crippen LogP contribution in [0.5, 0.6) is 0 Å². The molecule has 6 nitrogen and oxygen atoms in total. The molecule has 0 spiro atoms. The first-order valence-electron chi connectivity index (χ1n) is 9.38. The molecule has 2 heterocycles. The van der Waals surface area contributed by atoms with Gasteiger partial charge in [0.2, 0.25) is 17.7 Å². The molecule has 3 N–H and O–H groups in total. The average Bonchev–Trinajstić information content (AvgIpc) is 3.43. The Morgan fingerprint density at radius 2 is 1.80 bits per heavy atom. The Balaban J connectivity index is 1.67. The Morgan fingerprint density at radius 1 is 1.03 bits per heavy atom. The first-order valence-corrected chi connectivity index (χ1v) is 10.3. The lowest BCUT2D eigenvalue weighted by molar-refractivity contribution is -0.116. The van der Waals surface area contributed by atoms with Gasteiger partial charge in [0.05, 0.1) is 5.56 Å². The van der Waals surface area contributed by atoms with E-state index in [0.29, 0.717) is 28.8 Å². The van der Waals surface area contributed by atoms with E-state index < -0.39 is 5.91 Å². The van der Waals surface area contributed by atoms with Gasteiger partial charge in [-0.25, -0.2) is 0 Å². The Kier molecular flexibility index (Phi) is 5.72. The quantitative estimate of drug-likeness (QED) is 0.454. The van der Waals surface area contributed by atoms with E-state index >= 15 is 0 Å². The van der Waals surface area contributed by atoms with Crippen LogP contribution >= 0.6 is 11.3 Å². The number of aromatic nitrogens is 1. The molecule has 0 aliphatic rings. The van der Waals surface area contributed by atoms with Crippen LogP contribution in [0.3, 0.4) is 0 Å². The Hall–Kier alpha value is -3.71. The zero-order valence-electron chi connectivity index (χ0n) is 16.0. The average molecular weight is 417 g/mol. The molecule has 0 aliphatic heterocycles. The van der Waals surface area contributed by atoms with Crippen LogP contribution in [0.15, 0.2) is 75.9 Å². The van der Waals surface area contributed by atoms with Crippen LogP contribution < -0.4 is 11.1 Å². The molecule has 7 heteroatoms. The third kappa shape index (κ3) is 4.16. The minimum atomic E-state index is -0.565. The lowest BCUT2D eigenvalue weighted by Crippen LogP contribution is -2.14. The predicted octanol–water partition coefficient (Wildman–Crippen LogP) is 4.74. The molecule has 0 radical (unpaired) electrons. The second kappa shape index (κ2) is 8.75. The van der Waals surface area contributed by atoms with Crippen molar-refractivity contribution in [3.63, 3.8) is 0 Å². The highest BCUT2D eigenvalue weighted by atomic mass is 32.1. The molecule has 0 bridgehead atoms. The lowest BCUT2D eigenvalue weighted by atomic mass is 9.97. The summed E-state index contributed by atoms with van der Waals surface area (Å²) < 4.78 is 5.50. The summed E-state index contributed by atoms with van der Waals surface area (Å²) in [6, 6.07) is 18.6. The van der Waals surface area contributed by atoms with Crippen LogP contribution in [0, 0.1) is 0 Å². The van der Waals surface area contributed by atoms with Gasteiger partial charge in [-0.1, -0.05) is 53.7 Å². The maximum Gasteiger partial charge on any atom is 0.249 e. The molecule has 0 saturated carbocycles. The minimum absolute atomic E-state index is 0.197. The summed E-state index contributed by atoms with van der Waals surface area (Å²) in [5.41, 5.74) is 9.46. The molecule has 4 aromatic rings. The summed E-state index contributed by atoms with van der Waals surface area (Å²) >= 11 is 1.52. The molecule has 2 amide bonds. The fourth-order valence-corrected chi connectivity index (χ4v) is 3.87. The number of anilines is 1. The molecule has 2 aromatic carbocycles. The number of primary amides is 1. The first kappa shape index (κ1) is 19.6. The van der Waals surface area contributed by atoms with E-state index in [9.17, 15) is 9.59 Å². The minimum Gasteiger partial charge on any atom is -0.366 e. The number of carbonyl (C=O) groups is 2. The van der Waals surface area contributed by atoms with Crippen molar-refractivity contribution in [1.82, 2.24) is 5.16 Å². The zero-order chi connectivity index (χ0) is 20.9. The van der Waals surface area contributed by atoms with Crippen LogP contribution in [0.25, 0.3) is 22.4 Å². The van der Waals surface area contributed by atoms with E-state index in [1.807, 2.05) is 47.2 Å². The van der Waals surface area contributed by atoms with Crippen molar-refractivity contribution in [2.45, 2.75) is 12.8 Å². The summed E-state index contributed by atoms with van der Waals surface area (Å²) in [7, 11) is 0. The highest BCUT2D eigenvalue weighted by Crippen LogP contribution is 2.40. The molecule has 2 aromatic heterocycles. The number of nitrogens with zero attached hydrogens (tertiary/aromatic N) is 1. The van der Waals surface area contributed by atoms with Gasteiger partial charge < -0.3 is 10.3 Å². The largest absolute Gasteiger partial charge is 0.366 e. The van der Waals surface area contributed by atoms with E-state index in [-0.39, 0.29) is 18.2 Å². The number of hydrogen-bond acceptors (Lipinski definition) is 5. The number of carbonyl (C=O) groups excluding carboxylic acids is 2. The highest BCUT2D eigenvalue weighted by Gasteiger charge is 2.24. The third-order valence-corrected chi connectivity index (χ3v) is 5.37. The van der Waals surface area contributed by atoms with Gasteiger partial charge in [-0.2, -0.15) is 11.3 Å². The van der Waals surface area contributed by atoms with Gasteiger partial charge in [0.1, 0.15) is 5.69 Å². The van der Waals surface area contributed by atoms with E-state index in [1.54, 1.807) is 24.3 Å². The van der Waals surface area contributed by atoms with Crippen LogP contribution in [0.2, 0.25) is 0 Å². The molecule has 0 unspecified atom stereocenters. The van der Waals surface area contributed by atoms with Crippen molar-refractivity contribution in [3.8, 4) is 22.4 Å². The van der Waals surface area contributed by atoms with Gasteiger partial charge in [0.15, 0.2) is 0 Å². The SMILES string of the molecule is NC(=O)c1ccccc1-c1c(-c2ccsc2)noc1NC(=O)CCc1ccccc1. The van der Waals surface area contributed by atoms with E-state index in [0.717, 1.165) is 11.1 Å². The maximum absolute atomic E-state index is 12.6. The van der Waals surface area contributed by atoms with Gasteiger partial charge in [-0.15, -0.1) is 0 Å². The number of amides is 2. The van der Waals surface area contributed by atoms with Crippen LogP contribution in [0.4, 0.5) is 5.88 Å². The standard InChI is InChI=1S/C23H19N3O3S/c24-22(28)18-9-5-4-8-17(18)20-21(16-12-13-30-14-16)26-29-23(20)25-19(27)11-10-15-6-2-1-3-7-15/h1-9,12-14H,10-11H2,(H2,24,28)(H,25,27). The Bertz CT molecular complexity index is 1170. The number of thiophene rings is 1. The molecule has 4 rings (SSSR count). The molecule has 150 valence electrons. The molecule has 0 aliphatic carbocycles. The molecule has 30 heavy (non-hydrogen) atoms.